The highest BCUT2D eigenvalue weighted by atomic mass is 15.3. The monoisotopic (exact) mass is 211 g/mol. The van der Waals surface area contributed by atoms with E-state index in [1.807, 2.05) is 0 Å². The standard InChI is InChI=1S/C12H25N3/c1-3-11(2)8-14-9-12(10-14)15-6-4-13-5-7-15/h11-13H,3-10H2,1-2H3. The Balaban J connectivity index is 1.64. The second kappa shape index (κ2) is 5.28. The van der Waals surface area contributed by atoms with Crippen molar-refractivity contribution in [3.8, 4) is 0 Å². The molecule has 0 spiro atoms. The molecule has 2 saturated heterocycles. The van der Waals surface area contributed by atoms with Crippen molar-refractivity contribution in [3.05, 3.63) is 0 Å². The van der Waals surface area contributed by atoms with E-state index in [2.05, 4.69) is 29.0 Å². The molecule has 0 saturated carbocycles. The minimum Gasteiger partial charge on any atom is -0.314 e. The van der Waals surface area contributed by atoms with Crippen LogP contribution in [0.5, 0.6) is 0 Å². The molecule has 0 aliphatic carbocycles. The normalized spacial score (nSPS) is 27.6. The van der Waals surface area contributed by atoms with Crippen LogP contribution in [0.25, 0.3) is 0 Å². The number of hydrogen-bond acceptors (Lipinski definition) is 3. The van der Waals surface area contributed by atoms with Crippen molar-refractivity contribution in [2.24, 2.45) is 5.92 Å². The van der Waals surface area contributed by atoms with Gasteiger partial charge >= 0.3 is 0 Å². The van der Waals surface area contributed by atoms with Crippen LogP contribution in [0.4, 0.5) is 0 Å². The maximum Gasteiger partial charge on any atom is 0.0351 e. The van der Waals surface area contributed by atoms with Crippen LogP contribution in [-0.2, 0) is 0 Å². The summed E-state index contributed by atoms with van der Waals surface area (Å²) in [6.45, 7) is 13.4. The van der Waals surface area contributed by atoms with Crippen LogP contribution < -0.4 is 5.32 Å². The highest BCUT2D eigenvalue weighted by molar-refractivity contribution is 4.90. The summed E-state index contributed by atoms with van der Waals surface area (Å²) in [6.07, 6.45) is 1.31. The number of likely N-dealkylation sites (tertiary alicyclic amines) is 1. The molecule has 0 bridgehead atoms. The number of piperazine rings is 1. The Labute approximate surface area is 93.8 Å². The van der Waals surface area contributed by atoms with Crippen LogP contribution in [0.2, 0.25) is 0 Å². The lowest BCUT2D eigenvalue weighted by atomic mass is 10.0. The van der Waals surface area contributed by atoms with Gasteiger partial charge in [0.15, 0.2) is 0 Å². The van der Waals surface area contributed by atoms with E-state index in [0.717, 1.165) is 12.0 Å². The predicted octanol–water partition coefficient (Wildman–Crippen LogP) is 0.622. The molecule has 88 valence electrons. The third-order valence-corrected chi connectivity index (χ3v) is 3.87. The Morgan fingerprint density at radius 1 is 1.27 bits per heavy atom. The molecule has 0 aromatic carbocycles. The van der Waals surface area contributed by atoms with Crippen LogP contribution in [0.3, 0.4) is 0 Å². The molecule has 2 heterocycles. The van der Waals surface area contributed by atoms with E-state index < -0.39 is 0 Å². The summed E-state index contributed by atoms with van der Waals surface area (Å²) in [6, 6.07) is 0.858. The molecule has 1 atom stereocenters. The van der Waals surface area contributed by atoms with Crippen molar-refractivity contribution in [3.63, 3.8) is 0 Å². The summed E-state index contributed by atoms with van der Waals surface area (Å²) >= 11 is 0. The zero-order valence-corrected chi connectivity index (χ0v) is 10.2. The molecule has 2 fully saturated rings. The lowest BCUT2D eigenvalue weighted by Gasteiger charge is -2.47. The molecule has 1 N–H and O–H groups in total. The lowest BCUT2D eigenvalue weighted by Crippen LogP contribution is -2.63. The van der Waals surface area contributed by atoms with Crippen molar-refractivity contribution >= 4 is 0 Å². The summed E-state index contributed by atoms with van der Waals surface area (Å²) in [7, 11) is 0. The average Bonchev–Trinajstić information content (AvgIpc) is 2.23. The Morgan fingerprint density at radius 3 is 2.53 bits per heavy atom. The van der Waals surface area contributed by atoms with E-state index in [1.54, 1.807) is 0 Å². The van der Waals surface area contributed by atoms with Crippen LogP contribution in [0.1, 0.15) is 20.3 Å². The van der Waals surface area contributed by atoms with E-state index in [1.165, 1.54) is 52.2 Å². The van der Waals surface area contributed by atoms with Crippen molar-refractivity contribution in [1.82, 2.24) is 15.1 Å². The molecule has 2 aliphatic heterocycles. The summed E-state index contributed by atoms with van der Waals surface area (Å²) in [5.74, 6) is 0.869. The number of rotatable bonds is 4. The molecule has 1 unspecified atom stereocenters. The summed E-state index contributed by atoms with van der Waals surface area (Å²) < 4.78 is 0. The topological polar surface area (TPSA) is 18.5 Å². The summed E-state index contributed by atoms with van der Waals surface area (Å²) in [4.78, 5) is 5.27. The molecule has 0 amide bonds. The lowest BCUT2D eigenvalue weighted by molar-refractivity contribution is 0.0191. The first-order chi connectivity index (χ1) is 7.29. The van der Waals surface area contributed by atoms with Gasteiger partial charge in [-0.3, -0.25) is 9.80 Å². The van der Waals surface area contributed by atoms with Gasteiger partial charge in [0.25, 0.3) is 0 Å². The third kappa shape index (κ3) is 2.92. The Hall–Kier alpha value is -0.120. The highest BCUT2D eigenvalue weighted by Gasteiger charge is 2.32. The minimum atomic E-state index is 0.858. The quantitative estimate of drug-likeness (QED) is 0.735. The van der Waals surface area contributed by atoms with Crippen molar-refractivity contribution < 1.29 is 0 Å². The van der Waals surface area contributed by atoms with E-state index in [-0.39, 0.29) is 0 Å². The summed E-state index contributed by atoms with van der Waals surface area (Å²) in [5, 5.41) is 3.42. The average molecular weight is 211 g/mol. The van der Waals surface area contributed by atoms with Crippen LogP contribution >= 0.6 is 0 Å². The first-order valence-corrected chi connectivity index (χ1v) is 6.46. The zero-order chi connectivity index (χ0) is 10.7. The van der Waals surface area contributed by atoms with Crippen LogP contribution in [-0.4, -0.2) is 61.7 Å². The van der Waals surface area contributed by atoms with Gasteiger partial charge < -0.3 is 5.32 Å². The molecular formula is C12H25N3. The largest absolute Gasteiger partial charge is 0.314 e. The van der Waals surface area contributed by atoms with Crippen molar-refractivity contribution in [1.29, 1.82) is 0 Å². The van der Waals surface area contributed by atoms with E-state index >= 15 is 0 Å². The molecule has 2 aliphatic rings. The van der Waals surface area contributed by atoms with E-state index in [0.29, 0.717) is 0 Å². The number of nitrogens with zero attached hydrogens (tertiary/aromatic N) is 2. The van der Waals surface area contributed by atoms with Gasteiger partial charge in [-0.25, -0.2) is 0 Å². The fraction of sp³-hybridized carbons (Fsp3) is 1.00. The van der Waals surface area contributed by atoms with E-state index in [9.17, 15) is 0 Å². The fourth-order valence-electron chi connectivity index (χ4n) is 2.54. The van der Waals surface area contributed by atoms with Gasteiger partial charge in [0, 0.05) is 51.9 Å². The smallest absolute Gasteiger partial charge is 0.0351 e. The maximum absolute atomic E-state index is 3.42. The molecule has 0 aromatic heterocycles. The third-order valence-electron chi connectivity index (χ3n) is 3.87. The molecule has 0 aromatic rings. The molecule has 3 heteroatoms. The Bertz CT molecular complexity index is 183. The van der Waals surface area contributed by atoms with Gasteiger partial charge in [0.05, 0.1) is 0 Å². The van der Waals surface area contributed by atoms with Crippen molar-refractivity contribution in [2.45, 2.75) is 26.3 Å². The highest BCUT2D eigenvalue weighted by Crippen LogP contribution is 2.17. The van der Waals surface area contributed by atoms with Gasteiger partial charge in [-0.2, -0.15) is 0 Å². The molecule has 2 rings (SSSR count). The molecule has 0 radical (unpaired) electrons. The number of nitrogens with one attached hydrogen (secondary N) is 1. The van der Waals surface area contributed by atoms with Gasteiger partial charge in [0.2, 0.25) is 0 Å². The maximum atomic E-state index is 3.42. The summed E-state index contributed by atoms with van der Waals surface area (Å²) in [5.41, 5.74) is 0. The van der Waals surface area contributed by atoms with Crippen LogP contribution in [0, 0.1) is 5.92 Å². The predicted molar refractivity (Wildman–Crippen MR) is 64.1 cm³/mol. The fourth-order valence-corrected chi connectivity index (χ4v) is 2.54. The van der Waals surface area contributed by atoms with Gasteiger partial charge in [-0.1, -0.05) is 20.3 Å². The second-order valence-electron chi connectivity index (χ2n) is 5.17. The first-order valence-electron chi connectivity index (χ1n) is 6.46. The first kappa shape index (κ1) is 11.4. The van der Waals surface area contributed by atoms with E-state index in [4.69, 9.17) is 0 Å². The zero-order valence-electron chi connectivity index (χ0n) is 10.2. The van der Waals surface area contributed by atoms with Gasteiger partial charge in [-0.15, -0.1) is 0 Å². The minimum absolute atomic E-state index is 0.858. The van der Waals surface area contributed by atoms with Crippen LogP contribution in [0.15, 0.2) is 0 Å². The Kier molecular flexibility index (Phi) is 4.00. The SMILES string of the molecule is CCC(C)CN1CC(N2CCNCC2)C1. The molecule has 15 heavy (non-hydrogen) atoms. The molecule has 3 nitrogen and oxygen atoms in total. The number of hydrogen-bond donors (Lipinski definition) is 1. The Morgan fingerprint density at radius 2 is 1.93 bits per heavy atom. The van der Waals surface area contributed by atoms with Gasteiger partial charge in [-0.05, 0) is 5.92 Å². The second-order valence-corrected chi connectivity index (χ2v) is 5.17. The van der Waals surface area contributed by atoms with Gasteiger partial charge in [0.1, 0.15) is 0 Å². The van der Waals surface area contributed by atoms with Crippen molar-refractivity contribution in [2.75, 3.05) is 45.8 Å². The molecular weight excluding hydrogens is 186 g/mol.